The highest BCUT2D eigenvalue weighted by Gasteiger charge is 2.20. The number of rotatable bonds is 10. The fourth-order valence-corrected chi connectivity index (χ4v) is 4.20. The van der Waals surface area contributed by atoms with E-state index < -0.39 is 5.97 Å². The average Bonchev–Trinajstić information content (AvgIpc) is 3.56. The zero-order chi connectivity index (χ0) is 24.6. The zero-order valence-electron chi connectivity index (χ0n) is 18.9. The maximum absolute atomic E-state index is 12.8. The first-order chi connectivity index (χ1) is 17.0. The topological polar surface area (TPSA) is 134 Å². The Kier molecular flexibility index (Phi) is 8.07. The number of aromatic carboxylic acids is 1. The highest BCUT2D eigenvalue weighted by Crippen LogP contribution is 2.20. The van der Waals surface area contributed by atoms with Gasteiger partial charge in [0.05, 0.1) is 11.3 Å². The van der Waals surface area contributed by atoms with E-state index in [4.69, 9.17) is 16.7 Å². The van der Waals surface area contributed by atoms with Gasteiger partial charge in [0.2, 0.25) is 5.91 Å². The first kappa shape index (κ1) is 24.4. The number of anilines is 1. The molecule has 0 bridgehead atoms. The number of carbonyl (C=O) groups excluding carboxylic acids is 1. The third-order valence-corrected chi connectivity index (χ3v) is 6.00. The minimum Gasteiger partial charge on any atom is -0.478 e. The summed E-state index contributed by atoms with van der Waals surface area (Å²) in [6.45, 7) is 1.47. The van der Waals surface area contributed by atoms with Gasteiger partial charge < -0.3 is 21.1 Å². The van der Waals surface area contributed by atoms with E-state index in [0.717, 1.165) is 31.5 Å². The Bertz CT molecular complexity index is 1180. The molecule has 1 aliphatic rings. The Morgan fingerprint density at radius 2 is 2.09 bits per heavy atom. The highest BCUT2D eigenvalue weighted by atomic mass is 35.5. The van der Waals surface area contributed by atoms with Crippen molar-refractivity contribution < 1.29 is 14.7 Å². The van der Waals surface area contributed by atoms with E-state index in [1.807, 2.05) is 0 Å². The second kappa shape index (κ2) is 11.6. The largest absolute Gasteiger partial charge is 0.478 e. The normalized spacial score (nSPS) is 16.3. The van der Waals surface area contributed by atoms with Crippen molar-refractivity contribution in [3.8, 4) is 5.69 Å². The molecule has 4 N–H and O–H groups in total. The quantitative estimate of drug-likeness (QED) is 0.315. The Morgan fingerprint density at radius 3 is 2.77 bits per heavy atom. The van der Waals surface area contributed by atoms with Crippen molar-refractivity contribution in [1.82, 2.24) is 30.8 Å². The number of nitrogens with one attached hydrogen (secondary N) is 3. The minimum atomic E-state index is -0.969. The second-order valence-corrected chi connectivity index (χ2v) is 8.73. The van der Waals surface area contributed by atoms with Gasteiger partial charge in [-0.25, -0.2) is 4.79 Å². The molecule has 10 nitrogen and oxygen atoms in total. The van der Waals surface area contributed by atoms with Crippen LogP contribution in [0.25, 0.3) is 11.8 Å². The summed E-state index contributed by atoms with van der Waals surface area (Å²) in [6.07, 6.45) is 7.57. The Morgan fingerprint density at radius 1 is 1.26 bits per heavy atom. The summed E-state index contributed by atoms with van der Waals surface area (Å²) in [7, 11) is 0. The van der Waals surface area contributed by atoms with E-state index in [9.17, 15) is 9.59 Å². The van der Waals surface area contributed by atoms with E-state index in [1.54, 1.807) is 48.5 Å². The van der Waals surface area contributed by atoms with Crippen molar-refractivity contribution in [2.24, 2.45) is 0 Å². The molecule has 1 saturated heterocycles. The van der Waals surface area contributed by atoms with Crippen molar-refractivity contribution in [3.05, 3.63) is 71.0 Å². The number of carbonyl (C=O) groups is 2. The molecule has 2 aromatic carbocycles. The summed E-state index contributed by atoms with van der Waals surface area (Å²) in [5.74, 6) is -1.21. The van der Waals surface area contributed by atoms with Gasteiger partial charge in [-0.15, -0.1) is 5.10 Å². The van der Waals surface area contributed by atoms with Crippen LogP contribution in [0.4, 0.5) is 5.69 Å². The van der Waals surface area contributed by atoms with Gasteiger partial charge in [-0.05, 0) is 84.8 Å². The molecular formula is C24H26ClN7O3. The van der Waals surface area contributed by atoms with E-state index in [0.29, 0.717) is 28.9 Å². The lowest BCUT2D eigenvalue weighted by molar-refractivity contribution is -0.117. The third kappa shape index (κ3) is 6.87. The molecule has 0 aliphatic carbocycles. The van der Waals surface area contributed by atoms with Crippen molar-refractivity contribution >= 4 is 35.2 Å². The Hall–Kier alpha value is -3.76. The highest BCUT2D eigenvalue weighted by molar-refractivity contribution is 6.30. The molecule has 1 aromatic heterocycles. The lowest BCUT2D eigenvalue weighted by Gasteiger charge is -2.22. The summed E-state index contributed by atoms with van der Waals surface area (Å²) in [6, 6.07) is 12.0. The zero-order valence-corrected chi connectivity index (χ0v) is 19.7. The van der Waals surface area contributed by atoms with Gasteiger partial charge in [-0.1, -0.05) is 11.6 Å². The molecule has 1 fully saturated rings. The molecule has 3 aromatic rings. The lowest BCUT2D eigenvalue weighted by atomic mass is 10.0. The van der Waals surface area contributed by atoms with E-state index in [-0.39, 0.29) is 17.5 Å². The Balaban J connectivity index is 1.42. The molecule has 0 saturated carbocycles. The minimum absolute atomic E-state index is 0.139. The number of aromatic nitrogens is 4. The van der Waals surface area contributed by atoms with Crippen LogP contribution in [0.2, 0.25) is 5.02 Å². The molecule has 1 amide bonds. The van der Waals surface area contributed by atoms with Crippen LogP contribution in [0.15, 0.2) is 54.9 Å². The number of hydrogen-bond acceptors (Lipinski definition) is 7. The Labute approximate surface area is 207 Å². The van der Waals surface area contributed by atoms with Crippen molar-refractivity contribution in [2.75, 3.05) is 18.4 Å². The van der Waals surface area contributed by atoms with Crippen molar-refractivity contribution in [3.63, 3.8) is 0 Å². The number of carboxylic acids is 1. The van der Waals surface area contributed by atoms with Crippen molar-refractivity contribution in [2.45, 2.75) is 31.3 Å². The predicted octanol–water partition coefficient (Wildman–Crippen LogP) is 2.77. The van der Waals surface area contributed by atoms with Gasteiger partial charge in [0, 0.05) is 41.0 Å². The molecular weight excluding hydrogens is 470 g/mol. The van der Waals surface area contributed by atoms with Crippen LogP contribution in [0.5, 0.6) is 0 Å². The van der Waals surface area contributed by atoms with Crippen LogP contribution in [0, 0.1) is 0 Å². The summed E-state index contributed by atoms with van der Waals surface area (Å²) in [4.78, 5) is 23.9. The maximum Gasteiger partial charge on any atom is 0.335 e. The van der Waals surface area contributed by atoms with E-state index >= 15 is 0 Å². The fourth-order valence-electron chi connectivity index (χ4n) is 4.02. The van der Waals surface area contributed by atoms with Gasteiger partial charge in [0.1, 0.15) is 6.33 Å². The van der Waals surface area contributed by atoms with Gasteiger partial charge in [-0.3, -0.25) is 4.79 Å². The smallest absolute Gasteiger partial charge is 0.335 e. The number of halogens is 1. The molecule has 11 heteroatoms. The molecule has 1 aliphatic heterocycles. The fraction of sp³-hybridized carbons (Fsp3) is 0.292. The molecule has 35 heavy (non-hydrogen) atoms. The molecule has 4 rings (SSSR count). The predicted molar refractivity (Wildman–Crippen MR) is 133 cm³/mol. The van der Waals surface area contributed by atoms with E-state index in [1.165, 1.54) is 17.1 Å². The van der Waals surface area contributed by atoms with Gasteiger partial charge in [0.15, 0.2) is 0 Å². The first-order valence-corrected chi connectivity index (χ1v) is 11.7. The monoisotopic (exact) mass is 495 g/mol. The maximum atomic E-state index is 12.8. The molecule has 2 atom stereocenters. The summed E-state index contributed by atoms with van der Waals surface area (Å²) < 4.78 is 1.50. The van der Waals surface area contributed by atoms with Crippen LogP contribution < -0.4 is 16.0 Å². The average molecular weight is 496 g/mol. The molecule has 0 radical (unpaired) electrons. The van der Waals surface area contributed by atoms with E-state index in [2.05, 4.69) is 31.5 Å². The lowest BCUT2D eigenvalue weighted by Crippen LogP contribution is -2.42. The molecule has 2 heterocycles. The van der Waals surface area contributed by atoms with Gasteiger partial charge >= 0.3 is 5.97 Å². The van der Waals surface area contributed by atoms with Gasteiger partial charge in [0.25, 0.3) is 0 Å². The molecule has 0 unspecified atom stereocenters. The first-order valence-electron chi connectivity index (χ1n) is 11.3. The number of tetrazole rings is 1. The van der Waals surface area contributed by atoms with Crippen LogP contribution in [-0.4, -0.2) is 62.4 Å². The summed E-state index contributed by atoms with van der Waals surface area (Å²) in [5.41, 5.74) is 2.41. The number of benzene rings is 2. The molecule has 0 spiro atoms. The van der Waals surface area contributed by atoms with Crippen LogP contribution in [0.1, 0.15) is 35.2 Å². The third-order valence-electron chi connectivity index (χ3n) is 5.76. The van der Waals surface area contributed by atoms with Crippen LogP contribution in [0.3, 0.4) is 0 Å². The van der Waals surface area contributed by atoms with Gasteiger partial charge in [-0.2, -0.15) is 4.68 Å². The number of amides is 1. The summed E-state index contributed by atoms with van der Waals surface area (Å²) >= 11 is 6.16. The standard InChI is InChI=1S/C24H26ClN7O3/c25-18-6-9-22(32-15-28-30-31-32)17(12-18)5-10-23(33)29-21(13-20-2-1-11-26-20)14-27-19-7-3-16(4-8-19)24(34)35/h3-10,12,15,20-21,26-27H,1-2,11,13-14H2,(H,29,33)(H,34,35)/b10-5+/t20-,21+/m0/s1. The number of hydrogen-bond donors (Lipinski definition) is 4. The SMILES string of the molecule is O=C(/C=C/c1cc(Cl)ccc1-n1cnnn1)N[C@@H](CNc1ccc(C(=O)O)cc1)C[C@@H]1CCCN1. The van der Waals surface area contributed by atoms with Crippen molar-refractivity contribution in [1.29, 1.82) is 0 Å². The van der Waals surface area contributed by atoms with Crippen LogP contribution >= 0.6 is 11.6 Å². The van der Waals surface area contributed by atoms with Crippen LogP contribution in [-0.2, 0) is 4.79 Å². The molecule has 182 valence electrons. The summed E-state index contributed by atoms with van der Waals surface area (Å²) in [5, 5.41) is 30.7. The second-order valence-electron chi connectivity index (χ2n) is 8.29. The number of nitrogens with zero attached hydrogens (tertiary/aromatic N) is 4. The number of carboxylic acid groups (broad SMARTS) is 1.